The molecule has 0 fully saturated rings. The van der Waals surface area contributed by atoms with E-state index in [1.165, 1.54) is 25.3 Å². The average Bonchev–Trinajstić information content (AvgIpc) is 2.35. The molecular weight excluding hydrogens is 257 g/mol. The van der Waals surface area contributed by atoms with E-state index in [0.29, 0.717) is 6.04 Å². The third kappa shape index (κ3) is 7.58. The van der Waals surface area contributed by atoms with E-state index in [9.17, 15) is 4.39 Å². The van der Waals surface area contributed by atoms with Crippen LogP contribution in [0.1, 0.15) is 40.0 Å². The van der Waals surface area contributed by atoms with Crippen LogP contribution in [0.25, 0.3) is 0 Å². The Morgan fingerprint density at radius 3 is 2.68 bits per heavy atom. The summed E-state index contributed by atoms with van der Waals surface area (Å²) in [5, 5.41) is 3.53. The van der Waals surface area contributed by atoms with Crippen molar-refractivity contribution in [2.24, 2.45) is 5.92 Å². The van der Waals surface area contributed by atoms with Gasteiger partial charge in [0, 0.05) is 16.7 Å². The number of halogens is 1. The van der Waals surface area contributed by atoms with Gasteiger partial charge in [0.15, 0.2) is 0 Å². The van der Waals surface area contributed by atoms with Crippen LogP contribution in [-0.2, 0) is 0 Å². The Morgan fingerprint density at radius 1 is 1.26 bits per heavy atom. The summed E-state index contributed by atoms with van der Waals surface area (Å²) in [6.07, 6.45) is 3.75. The third-order valence-corrected chi connectivity index (χ3v) is 4.23. The monoisotopic (exact) mass is 283 g/mol. The summed E-state index contributed by atoms with van der Waals surface area (Å²) in [4.78, 5) is 1.02. The first kappa shape index (κ1) is 16.5. The lowest BCUT2D eigenvalue weighted by atomic mass is 10.0. The van der Waals surface area contributed by atoms with Crippen LogP contribution in [0.3, 0.4) is 0 Å². The van der Waals surface area contributed by atoms with Gasteiger partial charge in [-0.2, -0.15) is 0 Å². The summed E-state index contributed by atoms with van der Waals surface area (Å²) in [6.45, 7) is 7.67. The molecule has 1 atom stereocenters. The molecule has 0 saturated carbocycles. The number of hydrogen-bond acceptors (Lipinski definition) is 2. The second kappa shape index (κ2) is 9.38. The molecule has 0 aliphatic rings. The first-order valence-corrected chi connectivity index (χ1v) is 8.22. The standard InChI is InChI=1S/C16H26FNS/c1-4-18-15(9-5-7-13(2)3)12-19-16-10-6-8-14(17)11-16/h6,8,10-11,13,15,18H,4-5,7,9,12H2,1-3H3. The molecule has 0 saturated heterocycles. The van der Waals surface area contributed by atoms with E-state index in [0.717, 1.165) is 23.1 Å². The van der Waals surface area contributed by atoms with Crippen molar-refractivity contribution < 1.29 is 4.39 Å². The molecule has 1 nitrogen and oxygen atoms in total. The minimum Gasteiger partial charge on any atom is -0.313 e. The molecule has 0 spiro atoms. The van der Waals surface area contributed by atoms with Crippen LogP contribution in [0.2, 0.25) is 0 Å². The fraction of sp³-hybridized carbons (Fsp3) is 0.625. The molecule has 0 amide bonds. The molecule has 19 heavy (non-hydrogen) atoms. The quantitative estimate of drug-likeness (QED) is 0.658. The van der Waals surface area contributed by atoms with Gasteiger partial charge in [-0.25, -0.2) is 4.39 Å². The smallest absolute Gasteiger partial charge is 0.124 e. The summed E-state index contributed by atoms with van der Waals surface area (Å²) in [7, 11) is 0. The highest BCUT2D eigenvalue weighted by molar-refractivity contribution is 7.99. The molecule has 3 heteroatoms. The first-order valence-electron chi connectivity index (χ1n) is 7.23. The van der Waals surface area contributed by atoms with Crippen molar-refractivity contribution in [2.75, 3.05) is 12.3 Å². The van der Waals surface area contributed by atoms with Crippen LogP contribution < -0.4 is 5.32 Å². The van der Waals surface area contributed by atoms with E-state index in [-0.39, 0.29) is 5.82 Å². The molecular formula is C16H26FNS. The van der Waals surface area contributed by atoms with Crippen LogP contribution in [0.15, 0.2) is 29.2 Å². The molecule has 0 aliphatic carbocycles. The number of hydrogen-bond donors (Lipinski definition) is 1. The van der Waals surface area contributed by atoms with Crippen molar-refractivity contribution in [3.63, 3.8) is 0 Å². The molecule has 0 aromatic heterocycles. The molecule has 0 bridgehead atoms. The minimum absolute atomic E-state index is 0.148. The van der Waals surface area contributed by atoms with Gasteiger partial charge in [-0.1, -0.05) is 39.7 Å². The summed E-state index contributed by atoms with van der Waals surface area (Å²) in [6, 6.07) is 7.39. The van der Waals surface area contributed by atoms with E-state index in [2.05, 4.69) is 26.1 Å². The van der Waals surface area contributed by atoms with Gasteiger partial charge in [0.2, 0.25) is 0 Å². The summed E-state index contributed by atoms with van der Waals surface area (Å²) in [5.41, 5.74) is 0. The summed E-state index contributed by atoms with van der Waals surface area (Å²) >= 11 is 1.74. The summed E-state index contributed by atoms with van der Waals surface area (Å²) < 4.78 is 13.1. The highest BCUT2D eigenvalue weighted by Crippen LogP contribution is 2.21. The predicted molar refractivity (Wildman–Crippen MR) is 83.3 cm³/mol. The van der Waals surface area contributed by atoms with Gasteiger partial charge in [-0.05, 0) is 37.1 Å². The predicted octanol–water partition coefficient (Wildman–Crippen LogP) is 4.72. The Bertz CT molecular complexity index is 354. The van der Waals surface area contributed by atoms with Gasteiger partial charge < -0.3 is 5.32 Å². The number of nitrogens with one attached hydrogen (secondary N) is 1. The van der Waals surface area contributed by atoms with Gasteiger partial charge >= 0.3 is 0 Å². The van der Waals surface area contributed by atoms with Gasteiger partial charge in [-0.3, -0.25) is 0 Å². The fourth-order valence-electron chi connectivity index (χ4n) is 2.06. The number of benzene rings is 1. The fourth-order valence-corrected chi connectivity index (χ4v) is 3.11. The minimum atomic E-state index is -0.148. The second-order valence-corrected chi connectivity index (χ2v) is 6.44. The molecule has 0 aliphatic heterocycles. The maximum Gasteiger partial charge on any atom is 0.124 e. The maximum absolute atomic E-state index is 13.1. The highest BCUT2D eigenvalue weighted by atomic mass is 32.2. The van der Waals surface area contributed by atoms with Crippen molar-refractivity contribution in [3.8, 4) is 0 Å². The van der Waals surface area contributed by atoms with Crippen LogP contribution in [0, 0.1) is 11.7 Å². The Labute approximate surface area is 121 Å². The van der Waals surface area contributed by atoms with Crippen LogP contribution >= 0.6 is 11.8 Å². The number of rotatable bonds is 9. The average molecular weight is 283 g/mol. The van der Waals surface area contributed by atoms with Crippen molar-refractivity contribution in [2.45, 2.75) is 51.0 Å². The van der Waals surface area contributed by atoms with Crippen molar-refractivity contribution in [1.29, 1.82) is 0 Å². The maximum atomic E-state index is 13.1. The normalized spacial score (nSPS) is 12.9. The Hall–Kier alpha value is -0.540. The van der Waals surface area contributed by atoms with Crippen LogP contribution in [0.4, 0.5) is 4.39 Å². The SMILES string of the molecule is CCNC(CCCC(C)C)CSc1cccc(F)c1. The zero-order valence-electron chi connectivity index (χ0n) is 12.3. The third-order valence-electron chi connectivity index (χ3n) is 3.07. The van der Waals surface area contributed by atoms with E-state index >= 15 is 0 Å². The zero-order valence-corrected chi connectivity index (χ0v) is 13.1. The number of thioether (sulfide) groups is 1. The van der Waals surface area contributed by atoms with E-state index < -0.39 is 0 Å². The largest absolute Gasteiger partial charge is 0.313 e. The van der Waals surface area contributed by atoms with Gasteiger partial charge in [-0.15, -0.1) is 11.8 Å². The Morgan fingerprint density at radius 2 is 2.05 bits per heavy atom. The van der Waals surface area contributed by atoms with Gasteiger partial charge in [0.05, 0.1) is 0 Å². The van der Waals surface area contributed by atoms with E-state index in [1.54, 1.807) is 23.9 Å². The van der Waals surface area contributed by atoms with E-state index in [4.69, 9.17) is 0 Å². The van der Waals surface area contributed by atoms with Gasteiger partial charge in [0.25, 0.3) is 0 Å². The van der Waals surface area contributed by atoms with Crippen molar-refractivity contribution in [1.82, 2.24) is 5.32 Å². The molecule has 0 heterocycles. The van der Waals surface area contributed by atoms with Crippen molar-refractivity contribution >= 4 is 11.8 Å². The van der Waals surface area contributed by atoms with Gasteiger partial charge in [0.1, 0.15) is 5.82 Å². The molecule has 108 valence electrons. The second-order valence-electron chi connectivity index (χ2n) is 5.35. The first-order chi connectivity index (χ1) is 9.11. The van der Waals surface area contributed by atoms with Crippen LogP contribution in [-0.4, -0.2) is 18.3 Å². The molecule has 0 radical (unpaired) electrons. The molecule has 1 aromatic carbocycles. The van der Waals surface area contributed by atoms with E-state index in [1.807, 2.05) is 6.07 Å². The molecule has 1 aromatic rings. The lowest BCUT2D eigenvalue weighted by Crippen LogP contribution is -2.31. The molecule has 1 N–H and O–H groups in total. The zero-order chi connectivity index (χ0) is 14.1. The lowest BCUT2D eigenvalue weighted by Gasteiger charge is -2.18. The van der Waals surface area contributed by atoms with Crippen LogP contribution in [0.5, 0.6) is 0 Å². The van der Waals surface area contributed by atoms with Crippen molar-refractivity contribution in [3.05, 3.63) is 30.1 Å². The Kier molecular flexibility index (Phi) is 8.15. The molecule has 1 rings (SSSR count). The lowest BCUT2D eigenvalue weighted by molar-refractivity contribution is 0.469. The Balaban J connectivity index is 2.36. The summed E-state index contributed by atoms with van der Waals surface area (Å²) in [5.74, 6) is 1.64. The highest BCUT2D eigenvalue weighted by Gasteiger charge is 2.08. The molecule has 1 unspecified atom stereocenters. The topological polar surface area (TPSA) is 12.0 Å².